The number of nitrogens with zero attached hydrogens (tertiary/aromatic N) is 1. The number of thiazole rings is 1. The van der Waals surface area contributed by atoms with E-state index in [0.717, 1.165) is 40.2 Å². The van der Waals surface area contributed by atoms with Crippen LogP contribution in [0.5, 0.6) is 0 Å². The van der Waals surface area contributed by atoms with E-state index in [4.69, 9.17) is 4.42 Å². The molecule has 1 amide bonds. The van der Waals surface area contributed by atoms with Crippen molar-refractivity contribution in [3.05, 3.63) is 59.0 Å². The molecule has 1 N–H and O–H groups in total. The van der Waals surface area contributed by atoms with Crippen LogP contribution in [0.2, 0.25) is 0 Å². The van der Waals surface area contributed by atoms with Crippen molar-refractivity contribution in [2.24, 2.45) is 0 Å². The molecule has 0 unspecified atom stereocenters. The largest absolute Gasteiger partial charge is 0.472 e. The molecule has 2 heterocycles. The van der Waals surface area contributed by atoms with Crippen LogP contribution in [0.1, 0.15) is 35.5 Å². The normalized spacial score (nSPS) is 10.7. The van der Waals surface area contributed by atoms with E-state index in [9.17, 15) is 4.79 Å². The lowest BCUT2D eigenvalue weighted by atomic mass is 10.0. The lowest BCUT2D eigenvalue weighted by molar-refractivity contribution is 0.102. The second-order valence-corrected chi connectivity index (χ2v) is 6.02. The molecule has 1 aromatic carbocycles. The third-order valence-corrected chi connectivity index (χ3v) is 4.63. The molecular weight excluding hydrogens is 308 g/mol. The maximum Gasteiger partial charge on any atom is 0.275 e. The first-order valence-electron chi connectivity index (χ1n) is 7.63. The van der Waals surface area contributed by atoms with Crippen molar-refractivity contribution in [1.29, 1.82) is 0 Å². The quantitative estimate of drug-likeness (QED) is 0.734. The van der Waals surface area contributed by atoms with Crippen molar-refractivity contribution in [3.63, 3.8) is 0 Å². The van der Waals surface area contributed by atoms with E-state index in [1.54, 1.807) is 17.9 Å². The van der Waals surface area contributed by atoms with Gasteiger partial charge in [0.05, 0.1) is 6.26 Å². The molecule has 5 heteroatoms. The first-order chi connectivity index (χ1) is 11.2. The van der Waals surface area contributed by atoms with E-state index in [1.165, 1.54) is 11.3 Å². The number of hydrogen-bond donors (Lipinski definition) is 1. The van der Waals surface area contributed by atoms with E-state index in [0.29, 0.717) is 5.69 Å². The Bertz CT molecular complexity index is 784. The number of carbonyl (C=O) groups excluding carboxylic acids is 1. The molecule has 2 aromatic heterocycles. The fourth-order valence-electron chi connectivity index (χ4n) is 2.48. The minimum atomic E-state index is -0.174. The fourth-order valence-corrected chi connectivity index (χ4v) is 3.26. The van der Waals surface area contributed by atoms with Crippen LogP contribution in [-0.2, 0) is 12.8 Å². The predicted octanol–water partition coefficient (Wildman–Crippen LogP) is 4.78. The highest BCUT2D eigenvalue weighted by molar-refractivity contribution is 7.13. The van der Waals surface area contributed by atoms with Crippen molar-refractivity contribution in [1.82, 2.24) is 4.98 Å². The van der Waals surface area contributed by atoms with Crippen molar-refractivity contribution in [2.75, 3.05) is 5.32 Å². The SMILES string of the molecule is CCc1cccc(CC)c1NC(=O)c1csc(-c2ccoc2)n1. The summed E-state index contributed by atoms with van der Waals surface area (Å²) in [6.07, 6.45) is 4.98. The number of aromatic nitrogens is 1. The topological polar surface area (TPSA) is 55.1 Å². The van der Waals surface area contributed by atoms with Crippen molar-refractivity contribution < 1.29 is 9.21 Å². The summed E-state index contributed by atoms with van der Waals surface area (Å²) in [7, 11) is 0. The molecule has 4 nitrogen and oxygen atoms in total. The van der Waals surface area contributed by atoms with Gasteiger partial charge in [-0.25, -0.2) is 4.98 Å². The smallest absolute Gasteiger partial charge is 0.275 e. The van der Waals surface area contributed by atoms with Crippen LogP contribution < -0.4 is 5.32 Å². The highest BCUT2D eigenvalue weighted by Gasteiger charge is 2.15. The van der Waals surface area contributed by atoms with E-state index in [2.05, 4.69) is 24.1 Å². The van der Waals surface area contributed by atoms with Gasteiger partial charge in [0, 0.05) is 16.6 Å². The highest BCUT2D eigenvalue weighted by atomic mass is 32.1. The number of para-hydroxylation sites is 1. The molecule has 0 saturated heterocycles. The van der Waals surface area contributed by atoms with Crippen LogP contribution in [0.25, 0.3) is 10.6 Å². The molecule has 118 valence electrons. The third kappa shape index (κ3) is 3.19. The number of furan rings is 1. The number of nitrogens with one attached hydrogen (secondary N) is 1. The molecule has 0 aliphatic carbocycles. The number of carbonyl (C=O) groups is 1. The number of anilines is 1. The van der Waals surface area contributed by atoms with Gasteiger partial charge in [-0.05, 0) is 30.0 Å². The van der Waals surface area contributed by atoms with Crippen LogP contribution in [0.15, 0.2) is 46.6 Å². The molecule has 3 rings (SSSR count). The molecule has 0 spiro atoms. The second-order valence-electron chi connectivity index (χ2n) is 5.16. The zero-order valence-corrected chi connectivity index (χ0v) is 13.9. The predicted molar refractivity (Wildman–Crippen MR) is 93.0 cm³/mol. The Kier molecular flexibility index (Phi) is 4.57. The third-order valence-electron chi connectivity index (χ3n) is 3.74. The molecule has 0 aliphatic heterocycles. The molecule has 3 aromatic rings. The van der Waals surface area contributed by atoms with Gasteiger partial charge < -0.3 is 9.73 Å². The first-order valence-corrected chi connectivity index (χ1v) is 8.51. The standard InChI is InChI=1S/C18H18N2O2S/c1-3-12-6-5-7-13(4-2)16(12)20-17(21)15-11-23-18(19-15)14-8-9-22-10-14/h5-11H,3-4H2,1-2H3,(H,20,21). The van der Waals surface area contributed by atoms with Gasteiger partial charge in [-0.15, -0.1) is 11.3 Å². The van der Waals surface area contributed by atoms with Gasteiger partial charge in [0.2, 0.25) is 0 Å². The molecule has 0 saturated carbocycles. The van der Waals surface area contributed by atoms with Gasteiger partial charge in [-0.1, -0.05) is 32.0 Å². The summed E-state index contributed by atoms with van der Waals surface area (Å²) in [6, 6.07) is 7.97. The fraction of sp³-hybridized carbons (Fsp3) is 0.222. The average Bonchev–Trinajstić information content (AvgIpc) is 3.25. The Hall–Kier alpha value is -2.40. The number of hydrogen-bond acceptors (Lipinski definition) is 4. The molecule has 0 aliphatic rings. The van der Waals surface area contributed by atoms with Crippen LogP contribution >= 0.6 is 11.3 Å². The van der Waals surface area contributed by atoms with E-state index < -0.39 is 0 Å². The van der Waals surface area contributed by atoms with Gasteiger partial charge in [0.15, 0.2) is 0 Å². The summed E-state index contributed by atoms with van der Waals surface area (Å²) in [5.41, 5.74) is 4.52. The molecule has 0 atom stereocenters. The molecule has 0 radical (unpaired) electrons. The van der Waals surface area contributed by atoms with Crippen LogP contribution in [-0.4, -0.2) is 10.9 Å². The lowest BCUT2D eigenvalue weighted by Crippen LogP contribution is -2.15. The Labute approximate surface area is 139 Å². The zero-order chi connectivity index (χ0) is 16.2. The summed E-state index contributed by atoms with van der Waals surface area (Å²) < 4.78 is 5.06. The maximum absolute atomic E-state index is 12.5. The van der Waals surface area contributed by atoms with Gasteiger partial charge in [-0.3, -0.25) is 4.79 Å². The molecule has 23 heavy (non-hydrogen) atoms. The zero-order valence-electron chi connectivity index (χ0n) is 13.1. The second kappa shape index (κ2) is 6.79. The van der Waals surface area contributed by atoms with E-state index in [-0.39, 0.29) is 5.91 Å². The Morgan fingerprint density at radius 2 is 1.96 bits per heavy atom. The summed E-state index contributed by atoms with van der Waals surface area (Å²) in [5.74, 6) is -0.174. The average molecular weight is 326 g/mol. The van der Waals surface area contributed by atoms with Gasteiger partial charge in [0.1, 0.15) is 17.0 Å². The Morgan fingerprint density at radius 3 is 2.57 bits per heavy atom. The first kappa shape index (κ1) is 15.5. The highest BCUT2D eigenvalue weighted by Crippen LogP contribution is 2.26. The summed E-state index contributed by atoms with van der Waals surface area (Å²) in [4.78, 5) is 16.9. The number of aryl methyl sites for hydroxylation is 2. The maximum atomic E-state index is 12.5. The monoisotopic (exact) mass is 326 g/mol. The minimum Gasteiger partial charge on any atom is -0.472 e. The van der Waals surface area contributed by atoms with E-state index in [1.807, 2.05) is 24.3 Å². The van der Waals surface area contributed by atoms with Crippen LogP contribution in [0, 0.1) is 0 Å². The lowest BCUT2D eigenvalue weighted by Gasteiger charge is -2.13. The summed E-state index contributed by atoms with van der Waals surface area (Å²) in [6.45, 7) is 4.18. The van der Waals surface area contributed by atoms with Crippen molar-refractivity contribution in [2.45, 2.75) is 26.7 Å². The van der Waals surface area contributed by atoms with Crippen LogP contribution in [0.4, 0.5) is 5.69 Å². The minimum absolute atomic E-state index is 0.174. The van der Waals surface area contributed by atoms with Crippen molar-refractivity contribution in [3.8, 4) is 10.6 Å². The Balaban J connectivity index is 1.85. The number of amides is 1. The Morgan fingerprint density at radius 1 is 1.22 bits per heavy atom. The molecular formula is C18H18N2O2S. The van der Waals surface area contributed by atoms with Crippen LogP contribution in [0.3, 0.4) is 0 Å². The summed E-state index contributed by atoms with van der Waals surface area (Å²) >= 11 is 1.43. The van der Waals surface area contributed by atoms with Gasteiger partial charge in [0.25, 0.3) is 5.91 Å². The van der Waals surface area contributed by atoms with Crippen molar-refractivity contribution >= 4 is 22.9 Å². The van der Waals surface area contributed by atoms with E-state index >= 15 is 0 Å². The summed E-state index contributed by atoms with van der Waals surface area (Å²) in [5, 5.41) is 5.59. The molecule has 0 fully saturated rings. The number of rotatable bonds is 5. The van der Waals surface area contributed by atoms with Gasteiger partial charge in [-0.2, -0.15) is 0 Å². The van der Waals surface area contributed by atoms with Gasteiger partial charge >= 0.3 is 0 Å². The molecule has 0 bridgehead atoms. The number of benzene rings is 1.